The van der Waals surface area contributed by atoms with Crippen molar-refractivity contribution in [3.63, 3.8) is 0 Å². The molecule has 0 atom stereocenters. The molecule has 0 unspecified atom stereocenters. The highest BCUT2D eigenvalue weighted by molar-refractivity contribution is 5.81. The summed E-state index contributed by atoms with van der Waals surface area (Å²) in [5, 5.41) is 1.12. The topological polar surface area (TPSA) is 48.1 Å². The van der Waals surface area contributed by atoms with E-state index in [1.165, 1.54) is 19.3 Å². The maximum atomic E-state index is 5.95. The van der Waals surface area contributed by atoms with Crippen molar-refractivity contribution in [2.75, 3.05) is 12.3 Å². The molecule has 3 heteroatoms. The van der Waals surface area contributed by atoms with E-state index in [1.807, 2.05) is 18.2 Å². The molecule has 0 amide bonds. The Morgan fingerprint density at radius 3 is 2.94 bits per heavy atom. The molecule has 1 aromatic carbocycles. The summed E-state index contributed by atoms with van der Waals surface area (Å²) < 4.78 is 5.68. The van der Waals surface area contributed by atoms with E-state index in [0.717, 1.165) is 29.0 Å². The van der Waals surface area contributed by atoms with E-state index in [9.17, 15) is 0 Å². The van der Waals surface area contributed by atoms with Gasteiger partial charge in [-0.05, 0) is 24.5 Å². The minimum absolute atomic E-state index is 0.566. The number of nitrogens with zero attached hydrogens (tertiary/aromatic N) is 1. The lowest BCUT2D eigenvalue weighted by molar-refractivity contribution is 0.115. The van der Waals surface area contributed by atoms with Crippen LogP contribution < -0.4 is 5.73 Å². The van der Waals surface area contributed by atoms with Gasteiger partial charge in [0, 0.05) is 17.6 Å². The van der Waals surface area contributed by atoms with Gasteiger partial charge in [0.15, 0.2) is 0 Å². The predicted octanol–water partition coefficient (Wildman–Crippen LogP) is 3.13. The summed E-state index contributed by atoms with van der Waals surface area (Å²) in [6.07, 6.45) is 3.94. The number of ether oxygens (including phenoxy) is 1. The van der Waals surface area contributed by atoms with Crippen LogP contribution in [0.15, 0.2) is 30.3 Å². The Kier molecular flexibility index (Phi) is 3.15. The Hall–Kier alpha value is -1.61. The van der Waals surface area contributed by atoms with Gasteiger partial charge in [-0.2, -0.15) is 0 Å². The molecule has 1 aromatic heterocycles. The normalized spacial score (nSPS) is 15.1. The van der Waals surface area contributed by atoms with Crippen LogP contribution in [0.1, 0.15) is 24.8 Å². The van der Waals surface area contributed by atoms with Gasteiger partial charge in [-0.25, -0.2) is 4.98 Å². The number of nitrogens with two attached hydrogens (primary N) is 1. The molecule has 1 heterocycles. The summed E-state index contributed by atoms with van der Waals surface area (Å²) in [7, 11) is 0. The minimum Gasteiger partial charge on any atom is -0.383 e. The number of rotatable bonds is 5. The number of hydrogen-bond acceptors (Lipinski definition) is 3. The summed E-state index contributed by atoms with van der Waals surface area (Å²) in [6.45, 7) is 1.40. The highest BCUT2D eigenvalue weighted by Crippen LogP contribution is 2.32. The van der Waals surface area contributed by atoms with E-state index >= 15 is 0 Å². The zero-order chi connectivity index (χ0) is 12.4. The Balaban J connectivity index is 1.68. The van der Waals surface area contributed by atoms with E-state index in [1.54, 1.807) is 0 Å². The highest BCUT2D eigenvalue weighted by Gasteiger charge is 2.20. The molecule has 0 bridgehead atoms. The molecule has 0 aliphatic heterocycles. The number of para-hydroxylation sites is 1. The predicted molar refractivity (Wildman–Crippen MR) is 73.2 cm³/mol. The number of fused-ring (bicyclic) bond motifs is 1. The lowest BCUT2D eigenvalue weighted by atomic mass is 10.1. The van der Waals surface area contributed by atoms with Crippen LogP contribution in [0.5, 0.6) is 0 Å². The lowest BCUT2D eigenvalue weighted by Gasteiger charge is -2.08. The number of hydrogen-bond donors (Lipinski definition) is 1. The zero-order valence-electron chi connectivity index (χ0n) is 10.4. The molecule has 0 radical (unpaired) electrons. The molecule has 2 aromatic rings. The summed E-state index contributed by atoms with van der Waals surface area (Å²) in [5.74, 6) is 1.50. The second-order valence-electron chi connectivity index (χ2n) is 5.01. The maximum Gasteiger partial charge on any atom is 0.129 e. The first kappa shape index (κ1) is 11.5. The van der Waals surface area contributed by atoms with Crippen molar-refractivity contribution in [3.8, 4) is 0 Å². The van der Waals surface area contributed by atoms with Crippen molar-refractivity contribution in [3.05, 3.63) is 35.9 Å². The first-order valence-electron chi connectivity index (χ1n) is 6.55. The van der Waals surface area contributed by atoms with Gasteiger partial charge in [-0.15, -0.1) is 0 Å². The Morgan fingerprint density at radius 2 is 2.11 bits per heavy atom. The van der Waals surface area contributed by atoms with Gasteiger partial charge in [0.2, 0.25) is 0 Å². The fourth-order valence-corrected chi connectivity index (χ4v) is 2.13. The molecule has 0 saturated heterocycles. The van der Waals surface area contributed by atoms with Gasteiger partial charge in [-0.1, -0.05) is 31.0 Å². The van der Waals surface area contributed by atoms with Crippen molar-refractivity contribution in [2.24, 2.45) is 5.92 Å². The molecule has 1 aliphatic rings. The number of benzene rings is 1. The summed E-state index contributed by atoms with van der Waals surface area (Å²) >= 11 is 0. The van der Waals surface area contributed by atoms with Crippen molar-refractivity contribution < 1.29 is 4.74 Å². The molecule has 2 N–H and O–H groups in total. The smallest absolute Gasteiger partial charge is 0.129 e. The zero-order valence-corrected chi connectivity index (χ0v) is 10.4. The number of anilines is 1. The van der Waals surface area contributed by atoms with Crippen LogP contribution in [-0.2, 0) is 11.3 Å². The van der Waals surface area contributed by atoms with Crippen LogP contribution in [0.4, 0.5) is 5.82 Å². The average molecular weight is 242 g/mol. The monoisotopic (exact) mass is 242 g/mol. The van der Waals surface area contributed by atoms with Gasteiger partial charge < -0.3 is 10.5 Å². The molecule has 0 spiro atoms. The standard InChI is InChI=1S/C15H18N2O/c16-15-13(10-18-8-7-11-5-6-11)9-12-3-1-2-4-14(12)17-15/h1-4,9,11H,5-8,10H2,(H2,16,17). The highest BCUT2D eigenvalue weighted by atomic mass is 16.5. The summed E-state index contributed by atoms with van der Waals surface area (Å²) in [5.41, 5.74) is 7.88. The Morgan fingerprint density at radius 1 is 1.28 bits per heavy atom. The maximum absolute atomic E-state index is 5.95. The number of aromatic nitrogens is 1. The second-order valence-corrected chi connectivity index (χ2v) is 5.01. The number of pyridine rings is 1. The Bertz CT molecular complexity index is 549. The molecule has 1 aliphatic carbocycles. The van der Waals surface area contributed by atoms with Crippen molar-refractivity contribution in [1.82, 2.24) is 4.98 Å². The third-order valence-corrected chi connectivity index (χ3v) is 3.46. The van der Waals surface area contributed by atoms with Crippen LogP contribution in [0.25, 0.3) is 10.9 Å². The van der Waals surface area contributed by atoms with E-state index < -0.39 is 0 Å². The first-order chi connectivity index (χ1) is 8.83. The fraction of sp³-hybridized carbons (Fsp3) is 0.400. The largest absolute Gasteiger partial charge is 0.383 e. The summed E-state index contributed by atoms with van der Waals surface area (Å²) in [6, 6.07) is 10.1. The van der Waals surface area contributed by atoms with Crippen LogP contribution in [-0.4, -0.2) is 11.6 Å². The number of nitrogen functional groups attached to an aromatic ring is 1. The van der Waals surface area contributed by atoms with E-state index in [2.05, 4.69) is 17.1 Å². The Labute approximate surface area is 107 Å². The second kappa shape index (κ2) is 4.94. The summed E-state index contributed by atoms with van der Waals surface area (Å²) in [4.78, 5) is 4.40. The SMILES string of the molecule is Nc1nc2ccccc2cc1COCCC1CC1. The minimum atomic E-state index is 0.566. The van der Waals surface area contributed by atoms with E-state index in [4.69, 9.17) is 10.5 Å². The van der Waals surface area contributed by atoms with Gasteiger partial charge in [0.25, 0.3) is 0 Å². The first-order valence-corrected chi connectivity index (χ1v) is 6.55. The van der Waals surface area contributed by atoms with Gasteiger partial charge >= 0.3 is 0 Å². The lowest BCUT2D eigenvalue weighted by Crippen LogP contribution is -2.02. The molecule has 94 valence electrons. The van der Waals surface area contributed by atoms with E-state index in [0.29, 0.717) is 12.4 Å². The van der Waals surface area contributed by atoms with Crippen molar-refractivity contribution in [2.45, 2.75) is 25.9 Å². The molecular formula is C15H18N2O. The average Bonchev–Trinajstić information content (AvgIpc) is 3.19. The fourth-order valence-electron chi connectivity index (χ4n) is 2.13. The van der Waals surface area contributed by atoms with Crippen molar-refractivity contribution >= 4 is 16.7 Å². The molecule has 3 nitrogen and oxygen atoms in total. The third-order valence-electron chi connectivity index (χ3n) is 3.46. The van der Waals surface area contributed by atoms with Crippen LogP contribution >= 0.6 is 0 Å². The van der Waals surface area contributed by atoms with Crippen LogP contribution in [0, 0.1) is 5.92 Å². The molecule has 1 fully saturated rings. The van der Waals surface area contributed by atoms with E-state index in [-0.39, 0.29) is 0 Å². The quantitative estimate of drug-likeness (QED) is 0.819. The van der Waals surface area contributed by atoms with Gasteiger partial charge in [0.05, 0.1) is 12.1 Å². The molecule has 18 heavy (non-hydrogen) atoms. The van der Waals surface area contributed by atoms with Gasteiger partial charge in [-0.3, -0.25) is 0 Å². The third kappa shape index (κ3) is 2.62. The molecule has 3 rings (SSSR count). The van der Waals surface area contributed by atoms with Crippen molar-refractivity contribution in [1.29, 1.82) is 0 Å². The van der Waals surface area contributed by atoms with Crippen LogP contribution in [0.3, 0.4) is 0 Å². The van der Waals surface area contributed by atoms with Crippen LogP contribution in [0.2, 0.25) is 0 Å². The van der Waals surface area contributed by atoms with Gasteiger partial charge in [0.1, 0.15) is 5.82 Å². The molecular weight excluding hydrogens is 224 g/mol. The molecule has 1 saturated carbocycles.